The summed E-state index contributed by atoms with van der Waals surface area (Å²) < 4.78 is 29.0. The van der Waals surface area contributed by atoms with Gasteiger partial charge < -0.3 is 4.90 Å². The van der Waals surface area contributed by atoms with Crippen LogP contribution in [0.2, 0.25) is 5.02 Å². The van der Waals surface area contributed by atoms with Crippen molar-refractivity contribution in [3.05, 3.63) is 71.5 Å². The molecule has 0 N–H and O–H groups in total. The first-order valence-electron chi connectivity index (χ1n) is 9.63. The van der Waals surface area contributed by atoms with Crippen molar-refractivity contribution in [2.24, 2.45) is 0 Å². The number of hydrogen-bond acceptors (Lipinski definition) is 5. The van der Waals surface area contributed by atoms with Gasteiger partial charge in [0.2, 0.25) is 10.0 Å². The fourth-order valence-electron chi connectivity index (χ4n) is 3.50. The van der Waals surface area contributed by atoms with E-state index in [2.05, 4.69) is 4.98 Å². The van der Waals surface area contributed by atoms with E-state index in [0.717, 1.165) is 10.8 Å². The summed E-state index contributed by atoms with van der Waals surface area (Å²) >= 11 is 7.39. The van der Waals surface area contributed by atoms with Gasteiger partial charge in [-0.1, -0.05) is 29.4 Å². The van der Waals surface area contributed by atoms with Gasteiger partial charge in [-0.05, 0) is 48.7 Å². The van der Waals surface area contributed by atoms with Crippen LogP contribution in [0.3, 0.4) is 0 Å². The number of imidazole rings is 1. The highest BCUT2D eigenvalue weighted by Crippen LogP contribution is 2.22. The molecule has 1 aliphatic heterocycles. The average molecular weight is 477 g/mol. The van der Waals surface area contributed by atoms with Gasteiger partial charge >= 0.3 is 0 Å². The molecule has 1 amide bonds. The molecule has 0 saturated carbocycles. The summed E-state index contributed by atoms with van der Waals surface area (Å²) in [6.45, 7) is 1.15. The van der Waals surface area contributed by atoms with Crippen LogP contribution in [0.15, 0.2) is 71.0 Å². The van der Waals surface area contributed by atoms with Crippen molar-refractivity contribution in [1.82, 2.24) is 18.8 Å². The minimum atomic E-state index is -3.61. The molecular formula is C21H21ClN4O3S2. The highest BCUT2D eigenvalue weighted by molar-refractivity contribution is 7.98. The SMILES string of the molecule is CSc1nccn1-c1cccc(C(=O)N2CCN(S(=O)(=O)c3ccc(Cl)cc3)CC2)c1. The lowest BCUT2D eigenvalue weighted by Crippen LogP contribution is -2.50. The molecule has 0 aliphatic carbocycles. The Kier molecular flexibility index (Phi) is 6.38. The fraction of sp³-hybridized carbons (Fsp3) is 0.238. The Morgan fingerprint density at radius 1 is 1.06 bits per heavy atom. The summed E-state index contributed by atoms with van der Waals surface area (Å²) in [5.74, 6) is -0.115. The summed E-state index contributed by atoms with van der Waals surface area (Å²) in [6.07, 6.45) is 5.53. The molecule has 1 fully saturated rings. The minimum absolute atomic E-state index is 0.115. The average Bonchev–Trinajstić information content (AvgIpc) is 3.28. The maximum Gasteiger partial charge on any atom is 0.254 e. The molecule has 7 nitrogen and oxygen atoms in total. The Hall–Kier alpha value is -2.33. The van der Waals surface area contributed by atoms with Crippen LogP contribution in [-0.4, -0.2) is 65.5 Å². The van der Waals surface area contributed by atoms with Crippen LogP contribution in [0.1, 0.15) is 10.4 Å². The minimum Gasteiger partial charge on any atom is -0.336 e. The zero-order valence-corrected chi connectivity index (χ0v) is 19.2. The topological polar surface area (TPSA) is 75.5 Å². The molecule has 1 aromatic heterocycles. The zero-order chi connectivity index (χ0) is 22.0. The number of rotatable bonds is 5. The molecule has 0 spiro atoms. The quantitative estimate of drug-likeness (QED) is 0.527. The normalized spacial score (nSPS) is 15.2. The van der Waals surface area contributed by atoms with E-state index >= 15 is 0 Å². The fourth-order valence-corrected chi connectivity index (χ4v) is 5.57. The van der Waals surface area contributed by atoms with E-state index in [1.807, 2.05) is 35.2 Å². The Balaban J connectivity index is 1.46. The van der Waals surface area contributed by atoms with Crippen molar-refractivity contribution in [2.75, 3.05) is 32.4 Å². The van der Waals surface area contributed by atoms with Crippen molar-refractivity contribution in [3.8, 4) is 5.69 Å². The number of amides is 1. The van der Waals surface area contributed by atoms with Crippen LogP contribution in [0.5, 0.6) is 0 Å². The Bertz CT molecular complexity index is 1190. The first kappa shape index (κ1) is 21.9. The third-order valence-corrected chi connectivity index (χ3v) is 7.97. The molecule has 4 rings (SSSR count). The number of sulfonamides is 1. The number of piperazine rings is 1. The molecule has 2 heterocycles. The van der Waals surface area contributed by atoms with Gasteiger partial charge in [0, 0.05) is 54.8 Å². The predicted octanol–water partition coefficient (Wildman–Crippen LogP) is 3.39. The van der Waals surface area contributed by atoms with E-state index in [9.17, 15) is 13.2 Å². The lowest BCUT2D eigenvalue weighted by molar-refractivity contribution is 0.0698. The van der Waals surface area contributed by atoms with Crippen LogP contribution >= 0.6 is 23.4 Å². The molecule has 10 heteroatoms. The van der Waals surface area contributed by atoms with Crippen molar-refractivity contribution in [2.45, 2.75) is 10.1 Å². The van der Waals surface area contributed by atoms with E-state index < -0.39 is 10.0 Å². The summed E-state index contributed by atoms with van der Waals surface area (Å²) in [5, 5.41) is 1.32. The van der Waals surface area contributed by atoms with E-state index in [1.54, 1.807) is 29.3 Å². The third kappa shape index (κ3) is 4.50. The molecule has 1 aliphatic rings. The van der Waals surface area contributed by atoms with Crippen molar-refractivity contribution in [3.63, 3.8) is 0 Å². The molecule has 31 heavy (non-hydrogen) atoms. The van der Waals surface area contributed by atoms with Crippen LogP contribution in [0, 0.1) is 0 Å². The number of thioether (sulfide) groups is 1. The summed E-state index contributed by atoms with van der Waals surface area (Å²) in [4.78, 5) is 19.2. The van der Waals surface area contributed by atoms with Gasteiger partial charge in [0.1, 0.15) is 0 Å². The first-order chi connectivity index (χ1) is 14.9. The summed E-state index contributed by atoms with van der Waals surface area (Å²) in [7, 11) is -3.61. The van der Waals surface area contributed by atoms with Crippen molar-refractivity contribution < 1.29 is 13.2 Å². The number of halogens is 1. The van der Waals surface area contributed by atoms with Crippen LogP contribution in [0.4, 0.5) is 0 Å². The van der Waals surface area contributed by atoms with Crippen molar-refractivity contribution in [1.29, 1.82) is 0 Å². The summed E-state index contributed by atoms with van der Waals surface area (Å²) in [5.41, 5.74) is 1.42. The van der Waals surface area contributed by atoms with E-state index in [4.69, 9.17) is 11.6 Å². The van der Waals surface area contributed by atoms with Crippen LogP contribution < -0.4 is 0 Å². The van der Waals surface area contributed by atoms with Gasteiger partial charge in [0.15, 0.2) is 5.16 Å². The van der Waals surface area contributed by atoms with E-state index in [-0.39, 0.29) is 23.9 Å². The summed E-state index contributed by atoms with van der Waals surface area (Å²) in [6, 6.07) is 13.5. The largest absolute Gasteiger partial charge is 0.336 e. The van der Waals surface area contributed by atoms with Gasteiger partial charge in [-0.25, -0.2) is 13.4 Å². The van der Waals surface area contributed by atoms with Gasteiger partial charge in [-0.15, -0.1) is 0 Å². The monoisotopic (exact) mass is 476 g/mol. The standard InChI is InChI=1S/C21H21ClN4O3S2/c1-30-21-23-9-10-26(21)18-4-2-3-16(15-18)20(27)24-11-13-25(14-12-24)31(28,29)19-7-5-17(22)6-8-19/h2-10,15H,11-14H2,1H3. The molecule has 0 radical (unpaired) electrons. The van der Waals surface area contributed by atoms with Crippen LogP contribution in [0.25, 0.3) is 5.69 Å². The third-order valence-electron chi connectivity index (χ3n) is 5.14. The number of carbonyl (C=O) groups excluding carboxylic acids is 1. The number of carbonyl (C=O) groups is 1. The highest BCUT2D eigenvalue weighted by atomic mass is 35.5. The lowest BCUT2D eigenvalue weighted by Gasteiger charge is -2.34. The van der Waals surface area contributed by atoms with E-state index in [0.29, 0.717) is 23.7 Å². The maximum absolute atomic E-state index is 13.1. The van der Waals surface area contributed by atoms with E-state index in [1.165, 1.54) is 28.2 Å². The number of aromatic nitrogens is 2. The molecule has 0 unspecified atom stereocenters. The molecule has 162 valence electrons. The van der Waals surface area contributed by atoms with Gasteiger partial charge in [-0.2, -0.15) is 4.31 Å². The smallest absolute Gasteiger partial charge is 0.254 e. The lowest BCUT2D eigenvalue weighted by atomic mass is 10.1. The van der Waals surface area contributed by atoms with Gasteiger partial charge in [0.05, 0.1) is 4.90 Å². The van der Waals surface area contributed by atoms with Gasteiger partial charge in [-0.3, -0.25) is 9.36 Å². The molecule has 0 atom stereocenters. The molecule has 1 saturated heterocycles. The Morgan fingerprint density at radius 3 is 2.45 bits per heavy atom. The molecule has 0 bridgehead atoms. The second-order valence-electron chi connectivity index (χ2n) is 6.98. The molecular weight excluding hydrogens is 456 g/mol. The maximum atomic E-state index is 13.1. The Morgan fingerprint density at radius 2 is 1.77 bits per heavy atom. The van der Waals surface area contributed by atoms with Crippen molar-refractivity contribution >= 4 is 39.3 Å². The highest BCUT2D eigenvalue weighted by Gasteiger charge is 2.30. The second kappa shape index (κ2) is 9.04. The Labute approximate surface area is 190 Å². The second-order valence-corrected chi connectivity index (χ2v) is 10.1. The molecule has 3 aromatic rings. The number of hydrogen-bond donors (Lipinski definition) is 0. The van der Waals surface area contributed by atoms with Crippen LogP contribution in [-0.2, 0) is 10.0 Å². The predicted molar refractivity (Wildman–Crippen MR) is 121 cm³/mol. The number of benzene rings is 2. The van der Waals surface area contributed by atoms with Gasteiger partial charge in [0.25, 0.3) is 5.91 Å². The first-order valence-corrected chi connectivity index (χ1v) is 12.7. The molecule has 2 aromatic carbocycles. The zero-order valence-electron chi connectivity index (χ0n) is 16.8. The number of nitrogens with zero attached hydrogens (tertiary/aromatic N) is 4.